The van der Waals surface area contributed by atoms with Gasteiger partial charge in [0, 0.05) is 24.7 Å². The Bertz CT molecular complexity index is 1170. The molecule has 0 spiro atoms. The van der Waals surface area contributed by atoms with Crippen LogP contribution in [0.25, 0.3) is 11.4 Å². The molecule has 0 atom stereocenters. The van der Waals surface area contributed by atoms with Gasteiger partial charge < -0.3 is 10.6 Å². The first kappa shape index (κ1) is 22.6. The van der Waals surface area contributed by atoms with Crippen molar-refractivity contribution in [2.45, 2.75) is 38.0 Å². The zero-order valence-electron chi connectivity index (χ0n) is 17.8. The minimum atomic E-state index is -4.49. The summed E-state index contributed by atoms with van der Waals surface area (Å²) in [5, 5.41) is 9.72. The average Bonchev–Trinajstić information content (AvgIpc) is 3.58. The second kappa shape index (κ2) is 9.51. The molecule has 3 aromatic rings. The summed E-state index contributed by atoms with van der Waals surface area (Å²) < 4.78 is 42.0. The van der Waals surface area contributed by atoms with E-state index in [4.69, 9.17) is 0 Å². The first-order chi connectivity index (χ1) is 15.8. The van der Waals surface area contributed by atoms with Crippen LogP contribution in [0.1, 0.15) is 30.0 Å². The lowest BCUT2D eigenvalue weighted by Crippen LogP contribution is -2.39. The van der Waals surface area contributed by atoms with Crippen molar-refractivity contribution in [1.29, 1.82) is 0 Å². The zero-order chi connectivity index (χ0) is 23.4. The second-order valence-corrected chi connectivity index (χ2v) is 7.93. The predicted octanol–water partition coefficient (Wildman–Crippen LogP) is 3.61. The molecule has 7 nitrogen and oxygen atoms in total. The molecule has 1 aromatic heterocycles. The molecule has 2 N–H and O–H groups in total. The zero-order valence-corrected chi connectivity index (χ0v) is 17.8. The lowest BCUT2D eigenvalue weighted by Gasteiger charge is -2.09. The maximum atomic E-state index is 13.1. The van der Waals surface area contributed by atoms with E-state index in [0.717, 1.165) is 30.5 Å². The fraction of sp³-hybridized carbons (Fsp3) is 0.348. The summed E-state index contributed by atoms with van der Waals surface area (Å²) in [5.41, 5.74) is 0.158. The molecule has 0 unspecified atom stereocenters. The molecule has 4 rings (SSSR count). The molecule has 1 aliphatic rings. The van der Waals surface area contributed by atoms with E-state index in [2.05, 4.69) is 15.7 Å². The SMILES string of the molecule is O=C(NCCc1ccccc1)NCCn1nc(-c2cccc(C(F)(F)F)c2)n(C2CC2)c1=O. The number of halogens is 3. The highest BCUT2D eigenvalue weighted by Crippen LogP contribution is 2.37. The van der Waals surface area contributed by atoms with Gasteiger partial charge in [-0.15, -0.1) is 5.10 Å². The van der Waals surface area contributed by atoms with E-state index < -0.39 is 17.4 Å². The Morgan fingerprint density at radius 2 is 1.76 bits per heavy atom. The van der Waals surface area contributed by atoms with Crippen molar-refractivity contribution < 1.29 is 18.0 Å². The lowest BCUT2D eigenvalue weighted by molar-refractivity contribution is -0.137. The van der Waals surface area contributed by atoms with Crippen molar-refractivity contribution in [3.8, 4) is 11.4 Å². The maximum Gasteiger partial charge on any atom is 0.416 e. The Hall–Kier alpha value is -3.56. The van der Waals surface area contributed by atoms with E-state index in [1.165, 1.54) is 21.4 Å². The molecular weight excluding hydrogens is 435 g/mol. The van der Waals surface area contributed by atoms with Gasteiger partial charge in [0.15, 0.2) is 5.82 Å². The van der Waals surface area contributed by atoms with Crippen LogP contribution in [0, 0.1) is 0 Å². The van der Waals surface area contributed by atoms with Gasteiger partial charge in [0.1, 0.15) is 0 Å². The summed E-state index contributed by atoms with van der Waals surface area (Å²) >= 11 is 0. The highest BCUT2D eigenvalue weighted by Gasteiger charge is 2.33. The molecule has 1 heterocycles. The first-order valence-corrected chi connectivity index (χ1v) is 10.8. The van der Waals surface area contributed by atoms with Crippen molar-refractivity contribution in [2.24, 2.45) is 0 Å². The third-order valence-electron chi connectivity index (χ3n) is 5.38. The molecule has 10 heteroatoms. The normalized spacial score (nSPS) is 13.7. The molecule has 0 bridgehead atoms. The van der Waals surface area contributed by atoms with E-state index in [9.17, 15) is 22.8 Å². The number of alkyl halides is 3. The number of rotatable bonds is 8. The largest absolute Gasteiger partial charge is 0.416 e. The molecule has 0 radical (unpaired) electrons. The number of nitrogens with one attached hydrogen (secondary N) is 2. The van der Waals surface area contributed by atoms with Crippen LogP contribution >= 0.6 is 0 Å². The predicted molar refractivity (Wildman–Crippen MR) is 117 cm³/mol. The van der Waals surface area contributed by atoms with Gasteiger partial charge in [-0.3, -0.25) is 4.57 Å². The Morgan fingerprint density at radius 1 is 1.03 bits per heavy atom. The van der Waals surface area contributed by atoms with Crippen LogP contribution in [-0.2, 0) is 19.1 Å². The van der Waals surface area contributed by atoms with Crippen LogP contribution in [-0.4, -0.2) is 33.5 Å². The van der Waals surface area contributed by atoms with E-state index >= 15 is 0 Å². The number of hydrogen-bond donors (Lipinski definition) is 2. The van der Waals surface area contributed by atoms with Crippen LogP contribution in [0.3, 0.4) is 0 Å². The summed E-state index contributed by atoms with van der Waals surface area (Å²) in [7, 11) is 0. The lowest BCUT2D eigenvalue weighted by atomic mass is 10.1. The number of benzene rings is 2. The molecule has 2 amide bonds. The number of carbonyl (C=O) groups is 1. The Balaban J connectivity index is 1.39. The number of urea groups is 1. The molecule has 33 heavy (non-hydrogen) atoms. The minimum Gasteiger partial charge on any atom is -0.338 e. The van der Waals surface area contributed by atoms with Crippen molar-refractivity contribution >= 4 is 6.03 Å². The van der Waals surface area contributed by atoms with Crippen LogP contribution in [0.5, 0.6) is 0 Å². The van der Waals surface area contributed by atoms with E-state index in [0.29, 0.717) is 13.0 Å². The number of carbonyl (C=O) groups excluding carboxylic acids is 1. The van der Waals surface area contributed by atoms with Gasteiger partial charge in [-0.25, -0.2) is 14.3 Å². The van der Waals surface area contributed by atoms with Crippen molar-refractivity contribution in [1.82, 2.24) is 25.0 Å². The number of aromatic nitrogens is 3. The first-order valence-electron chi connectivity index (χ1n) is 10.8. The fourth-order valence-electron chi connectivity index (χ4n) is 3.56. The van der Waals surface area contributed by atoms with Gasteiger partial charge in [-0.1, -0.05) is 42.5 Å². The van der Waals surface area contributed by atoms with Crippen molar-refractivity contribution in [3.63, 3.8) is 0 Å². The van der Waals surface area contributed by atoms with Gasteiger partial charge in [0.05, 0.1) is 12.1 Å². The van der Waals surface area contributed by atoms with E-state index in [-0.39, 0.29) is 36.6 Å². The molecule has 0 aliphatic heterocycles. The topological polar surface area (TPSA) is 81.0 Å². The van der Waals surface area contributed by atoms with Gasteiger partial charge in [0.2, 0.25) is 0 Å². The van der Waals surface area contributed by atoms with Crippen LogP contribution in [0.4, 0.5) is 18.0 Å². The second-order valence-electron chi connectivity index (χ2n) is 7.93. The van der Waals surface area contributed by atoms with Gasteiger partial charge in [-0.2, -0.15) is 13.2 Å². The Labute approximate surface area is 188 Å². The van der Waals surface area contributed by atoms with Crippen LogP contribution in [0.15, 0.2) is 59.4 Å². The highest BCUT2D eigenvalue weighted by molar-refractivity contribution is 5.73. The van der Waals surface area contributed by atoms with Gasteiger partial charge in [0.25, 0.3) is 0 Å². The quantitative estimate of drug-likeness (QED) is 0.540. The molecule has 0 saturated heterocycles. The molecular formula is C23H24F3N5O2. The van der Waals surface area contributed by atoms with E-state index in [1.807, 2.05) is 30.3 Å². The monoisotopic (exact) mass is 459 g/mol. The van der Waals surface area contributed by atoms with Gasteiger partial charge in [-0.05, 0) is 37.0 Å². The minimum absolute atomic E-state index is 0.0648. The number of nitrogens with zero attached hydrogens (tertiary/aromatic N) is 3. The Morgan fingerprint density at radius 3 is 2.45 bits per heavy atom. The maximum absolute atomic E-state index is 13.1. The third-order valence-corrected chi connectivity index (χ3v) is 5.38. The number of hydrogen-bond acceptors (Lipinski definition) is 3. The highest BCUT2D eigenvalue weighted by atomic mass is 19.4. The van der Waals surface area contributed by atoms with Crippen molar-refractivity contribution in [2.75, 3.05) is 13.1 Å². The standard InChI is InChI=1S/C23H24F3N5O2/c24-23(25,26)18-8-4-7-17(15-18)20-29-30(22(33)31(20)19-9-10-19)14-13-28-21(32)27-12-11-16-5-2-1-3-6-16/h1-8,15,19H,9-14H2,(H2,27,28,32). The average molecular weight is 459 g/mol. The summed E-state index contributed by atoms with van der Waals surface area (Å²) in [5.74, 6) is 0.209. The molecule has 1 fully saturated rings. The molecule has 1 aliphatic carbocycles. The molecule has 174 valence electrons. The summed E-state index contributed by atoms with van der Waals surface area (Å²) in [4.78, 5) is 24.9. The molecule has 1 saturated carbocycles. The molecule has 2 aromatic carbocycles. The number of amides is 2. The summed E-state index contributed by atoms with van der Waals surface area (Å²) in [6, 6.07) is 14.1. The summed E-state index contributed by atoms with van der Waals surface area (Å²) in [6.45, 7) is 0.725. The van der Waals surface area contributed by atoms with E-state index in [1.54, 1.807) is 0 Å². The van der Waals surface area contributed by atoms with Crippen LogP contribution < -0.4 is 16.3 Å². The van der Waals surface area contributed by atoms with Crippen LogP contribution in [0.2, 0.25) is 0 Å². The third kappa shape index (κ3) is 5.63. The Kier molecular flexibility index (Phi) is 6.52. The van der Waals surface area contributed by atoms with Crippen molar-refractivity contribution in [3.05, 3.63) is 76.2 Å². The smallest absolute Gasteiger partial charge is 0.338 e. The fourth-order valence-corrected chi connectivity index (χ4v) is 3.56. The van der Waals surface area contributed by atoms with Gasteiger partial charge >= 0.3 is 17.9 Å². The summed E-state index contributed by atoms with van der Waals surface area (Å²) in [6.07, 6.45) is -2.24.